The highest BCUT2D eigenvalue weighted by Gasteiger charge is 2.28. The summed E-state index contributed by atoms with van der Waals surface area (Å²) in [5, 5.41) is 1.95. The molecule has 1 amide bonds. The largest absolute Gasteiger partial charge is 0.332 e. The van der Waals surface area contributed by atoms with Crippen LogP contribution in [0.2, 0.25) is 0 Å². The number of piperazine rings is 1. The number of carbonyl (C=O) groups is 1. The Kier molecular flexibility index (Phi) is 5.65. The lowest BCUT2D eigenvalue weighted by Crippen LogP contribution is -3.14. The highest BCUT2D eigenvalue weighted by atomic mass is 32.2. The normalized spacial score (nSPS) is 17.2. The molecular weight excluding hydrogens is 352 g/mol. The molecule has 0 spiro atoms. The first-order chi connectivity index (χ1) is 11.9. The number of aromatic nitrogens is 2. The van der Waals surface area contributed by atoms with Crippen molar-refractivity contribution in [3.63, 3.8) is 0 Å². The predicted molar refractivity (Wildman–Crippen MR) is 105 cm³/mol. The van der Waals surface area contributed by atoms with Crippen LogP contribution in [0.4, 0.5) is 0 Å². The number of amides is 1. The van der Waals surface area contributed by atoms with Gasteiger partial charge in [-0.1, -0.05) is 11.8 Å². The van der Waals surface area contributed by atoms with Gasteiger partial charge in [0, 0.05) is 10.3 Å². The Morgan fingerprint density at radius 1 is 1.28 bits per heavy atom. The Bertz CT molecular complexity index is 781. The van der Waals surface area contributed by atoms with Gasteiger partial charge in [-0.2, -0.15) is 0 Å². The van der Waals surface area contributed by atoms with Crippen molar-refractivity contribution in [3.8, 4) is 0 Å². The number of likely N-dealkylation sites (N-methyl/N-ethyl adjacent to an activating group) is 1. The van der Waals surface area contributed by atoms with E-state index in [0.717, 1.165) is 53.8 Å². The van der Waals surface area contributed by atoms with Crippen molar-refractivity contribution in [1.29, 1.82) is 0 Å². The van der Waals surface area contributed by atoms with Crippen LogP contribution in [0.5, 0.6) is 0 Å². The van der Waals surface area contributed by atoms with Gasteiger partial charge >= 0.3 is 0 Å². The number of rotatable bonds is 4. The summed E-state index contributed by atoms with van der Waals surface area (Å²) < 4.78 is 0. The second-order valence-corrected chi connectivity index (χ2v) is 9.26. The summed E-state index contributed by atoms with van der Waals surface area (Å²) in [5.74, 6) is 1.00. The third kappa shape index (κ3) is 3.83. The van der Waals surface area contributed by atoms with E-state index in [1.165, 1.54) is 10.4 Å². The maximum absolute atomic E-state index is 12.9. The molecule has 0 unspecified atom stereocenters. The number of thioether (sulfide) groups is 1. The molecule has 1 aliphatic heterocycles. The average molecular weight is 380 g/mol. The van der Waals surface area contributed by atoms with E-state index in [4.69, 9.17) is 0 Å². The summed E-state index contributed by atoms with van der Waals surface area (Å²) in [7, 11) is 0. The highest BCUT2D eigenvalue weighted by molar-refractivity contribution is 8.00. The number of thiophene rings is 1. The molecule has 1 atom stereocenters. The topological polar surface area (TPSA) is 50.5 Å². The minimum absolute atomic E-state index is 0.125. The SMILES string of the molecule is CC[NH+]1CCN(C(=O)[C@H](C)Sc2nc(C)nc3sc(C)c(C)c23)CC1. The zero-order valence-electron chi connectivity index (χ0n) is 15.7. The number of hydrogen-bond donors (Lipinski definition) is 1. The molecular formula is C18H27N4OS2+. The van der Waals surface area contributed by atoms with Gasteiger partial charge in [0.2, 0.25) is 5.91 Å². The summed E-state index contributed by atoms with van der Waals surface area (Å²) in [6.45, 7) is 15.4. The number of aryl methyl sites for hydroxylation is 3. The van der Waals surface area contributed by atoms with Crippen LogP contribution in [0, 0.1) is 20.8 Å². The molecule has 0 radical (unpaired) electrons. The first-order valence-electron chi connectivity index (χ1n) is 8.94. The summed E-state index contributed by atoms with van der Waals surface area (Å²) in [4.78, 5) is 28.0. The second-order valence-electron chi connectivity index (χ2n) is 6.73. The van der Waals surface area contributed by atoms with Gasteiger partial charge in [-0.15, -0.1) is 11.3 Å². The van der Waals surface area contributed by atoms with Gasteiger partial charge in [0.05, 0.1) is 38.0 Å². The molecule has 7 heteroatoms. The minimum atomic E-state index is -0.125. The zero-order valence-corrected chi connectivity index (χ0v) is 17.3. The van der Waals surface area contributed by atoms with Crippen molar-refractivity contribution in [2.45, 2.75) is 44.9 Å². The van der Waals surface area contributed by atoms with Gasteiger partial charge in [-0.05, 0) is 40.2 Å². The van der Waals surface area contributed by atoms with Crippen molar-refractivity contribution >= 4 is 39.2 Å². The van der Waals surface area contributed by atoms with E-state index in [9.17, 15) is 4.79 Å². The van der Waals surface area contributed by atoms with Crippen LogP contribution in [0.25, 0.3) is 10.2 Å². The number of carbonyl (C=O) groups excluding carboxylic acids is 1. The Morgan fingerprint density at radius 3 is 2.60 bits per heavy atom. The number of fused-ring (bicyclic) bond motifs is 1. The van der Waals surface area contributed by atoms with Crippen LogP contribution in [0.15, 0.2) is 5.03 Å². The van der Waals surface area contributed by atoms with Crippen LogP contribution >= 0.6 is 23.1 Å². The van der Waals surface area contributed by atoms with Crippen molar-refractivity contribution < 1.29 is 9.69 Å². The van der Waals surface area contributed by atoms with E-state index >= 15 is 0 Å². The highest BCUT2D eigenvalue weighted by Crippen LogP contribution is 2.36. The lowest BCUT2D eigenvalue weighted by Gasteiger charge is -2.33. The van der Waals surface area contributed by atoms with Gasteiger partial charge in [-0.3, -0.25) is 4.79 Å². The fraction of sp³-hybridized carbons (Fsp3) is 0.611. The van der Waals surface area contributed by atoms with Crippen LogP contribution in [0.1, 0.15) is 30.1 Å². The van der Waals surface area contributed by atoms with Gasteiger partial charge < -0.3 is 9.80 Å². The molecule has 3 rings (SSSR count). The van der Waals surface area contributed by atoms with Crippen LogP contribution < -0.4 is 4.90 Å². The molecule has 0 bridgehead atoms. The predicted octanol–water partition coefficient (Wildman–Crippen LogP) is 1.84. The van der Waals surface area contributed by atoms with E-state index in [1.54, 1.807) is 28.0 Å². The first-order valence-corrected chi connectivity index (χ1v) is 10.6. The molecule has 1 saturated heterocycles. The van der Waals surface area contributed by atoms with Crippen LogP contribution in [-0.4, -0.2) is 58.7 Å². The fourth-order valence-corrected chi connectivity index (χ4v) is 5.55. The van der Waals surface area contributed by atoms with E-state index in [1.807, 2.05) is 18.7 Å². The van der Waals surface area contributed by atoms with Crippen LogP contribution in [-0.2, 0) is 4.79 Å². The summed E-state index contributed by atoms with van der Waals surface area (Å²) in [6.07, 6.45) is 0. The number of hydrogen-bond acceptors (Lipinski definition) is 5. The number of nitrogens with one attached hydrogen (secondary N) is 1. The minimum Gasteiger partial charge on any atom is -0.332 e. The molecule has 0 aliphatic carbocycles. The third-order valence-corrected chi connectivity index (χ3v) is 7.20. The smallest absolute Gasteiger partial charge is 0.236 e. The lowest BCUT2D eigenvalue weighted by atomic mass is 10.2. The monoisotopic (exact) mass is 379 g/mol. The average Bonchev–Trinajstić information content (AvgIpc) is 2.88. The van der Waals surface area contributed by atoms with E-state index < -0.39 is 0 Å². The Balaban J connectivity index is 1.78. The van der Waals surface area contributed by atoms with E-state index in [0.29, 0.717) is 0 Å². The fourth-order valence-electron chi connectivity index (χ4n) is 3.27. The standard InChI is InChI=1S/C18H26N4OS2/c1-6-21-7-9-22(10-8-21)18(23)13(4)25-17-15-11(2)12(3)24-16(15)19-14(5)20-17/h13H,6-10H2,1-5H3/p+1/t13-/m0/s1. The van der Waals surface area contributed by atoms with Gasteiger partial charge in [0.1, 0.15) is 15.7 Å². The first kappa shape index (κ1) is 18.6. The second kappa shape index (κ2) is 7.60. The van der Waals surface area contributed by atoms with E-state index in [2.05, 4.69) is 30.7 Å². The summed E-state index contributed by atoms with van der Waals surface area (Å²) in [5.41, 5.74) is 1.24. The Morgan fingerprint density at radius 2 is 1.96 bits per heavy atom. The maximum Gasteiger partial charge on any atom is 0.236 e. The molecule has 1 N–H and O–H groups in total. The zero-order chi connectivity index (χ0) is 18.1. The molecule has 3 heterocycles. The molecule has 0 aromatic carbocycles. The summed E-state index contributed by atoms with van der Waals surface area (Å²) >= 11 is 3.29. The number of quaternary nitrogens is 1. The molecule has 136 valence electrons. The number of nitrogens with zero attached hydrogens (tertiary/aromatic N) is 3. The van der Waals surface area contributed by atoms with Gasteiger partial charge in [0.25, 0.3) is 0 Å². The van der Waals surface area contributed by atoms with Crippen molar-refractivity contribution in [1.82, 2.24) is 14.9 Å². The molecule has 2 aromatic rings. The van der Waals surface area contributed by atoms with Gasteiger partial charge in [-0.25, -0.2) is 9.97 Å². The van der Waals surface area contributed by atoms with Crippen molar-refractivity contribution in [2.75, 3.05) is 32.7 Å². The Hall–Kier alpha value is -1.18. The van der Waals surface area contributed by atoms with Crippen molar-refractivity contribution in [3.05, 3.63) is 16.3 Å². The van der Waals surface area contributed by atoms with Crippen LogP contribution in [0.3, 0.4) is 0 Å². The molecule has 1 aliphatic rings. The molecule has 25 heavy (non-hydrogen) atoms. The van der Waals surface area contributed by atoms with Crippen molar-refractivity contribution in [2.24, 2.45) is 0 Å². The maximum atomic E-state index is 12.9. The molecule has 5 nitrogen and oxygen atoms in total. The summed E-state index contributed by atoms with van der Waals surface area (Å²) in [6, 6.07) is 0. The van der Waals surface area contributed by atoms with Gasteiger partial charge in [0.15, 0.2) is 0 Å². The van der Waals surface area contributed by atoms with E-state index in [-0.39, 0.29) is 11.2 Å². The third-order valence-electron chi connectivity index (χ3n) is 5.03. The molecule has 0 saturated carbocycles. The quantitative estimate of drug-likeness (QED) is 0.651. The molecule has 2 aromatic heterocycles. The lowest BCUT2D eigenvalue weighted by molar-refractivity contribution is -0.902. The Labute approximate surface area is 157 Å². The molecule has 1 fully saturated rings.